The summed E-state index contributed by atoms with van der Waals surface area (Å²) in [6, 6.07) is 8.66. The largest absolute Gasteiger partial charge is 0.378 e. The van der Waals surface area contributed by atoms with E-state index < -0.39 is 0 Å². The molecule has 0 radical (unpaired) electrons. The van der Waals surface area contributed by atoms with Crippen LogP contribution >= 0.6 is 11.3 Å². The number of anilines is 1. The molecule has 3 heterocycles. The van der Waals surface area contributed by atoms with Gasteiger partial charge in [-0.15, -0.1) is 11.3 Å². The fourth-order valence-electron chi connectivity index (χ4n) is 3.62. The van der Waals surface area contributed by atoms with Crippen LogP contribution in [0.15, 0.2) is 29.6 Å². The Kier molecular flexibility index (Phi) is 5.22. The normalized spacial score (nSPS) is 18.0. The van der Waals surface area contributed by atoms with Gasteiger partial charge in [0.25, 0.3) is 0 Å². The minimum absolute atomic E-state index is 0.198. The van der Waals surface area contributed by atoms with Crippen LogP contribution in [0.3, 0.4) is 0 Å². The van der Waals surface area contributed by atoms with E-state index in [1.165, 1.54) is 11.1 Å². The van der Waals surface area contributed by atoms with Crippen LogP contribution in [-0.4, -0.2) is 55.2 Å². The fraction of sp³-hybridized carbons (Fsp3) is 0.500. The summed E-state index contributed by atoms with van der Waals surface area (Å²) in [6.45, 7) is 7.13. The molecule has 0 saturated carbocycles. The second-order valence-electron chi connectivity index (χ2n) is 7.26. The molecule has 2 fully saturated rings. The zero-order chi connectivity index (χ0) is 17.9. The minimum atomic E-state index is 0.198. The average molecular weight is 372 g/mol. The molecule has 6 heteroatoms. The van der Waals surface area contributed by atoms with E-state index in [0.29, 0.717) is 12.3 Å². The van der Waals surface area contributed by atoms with Crippen LogP contribution in [0.1, 0.15) is 16.8 Å². The Balaban J connectivity index is 1.25. The van der Waals surface area contributed by atoms with E-state index >= 15 is 0 Å². The van der Waals surface area contributed by atoms with Gasteiger partial charge in [0.2, 0.25) is 5.91 Å². The van der Waals surface area contributed by atoms with Crippen LogP contribution < -0.4 is 4.90 Å². The van der Waals surface area contributed by atoms with Gasteiger partial charge in [-0.2, -0.15) is 0 Å². The van der Waals surface area contributed by atoms with Crippen LogP contribution in [-0.2, 0) is 22.4 Å². The minimum Gasteiger partial charge on any atom is -0.378 e. The van der Waals surface area contributed by atoms with Crippen molar-refractivity contribution in [2.75, 3.05) is 44.3 Å². The number of thiazole rings is 1. The molecule has 1 aromatic carbocycles. The molecule has 0 spiro atoms. The third kappa shape index (κ3) is 4.07. The van der Waals surface area contributed by atoms with Crippen molar-refractivity contribution >= 4 is 22.4 Å². The van der Waals surface area contributed by atoms with E-state index in [-0.39, 0.29) is 5.91 Å². The number of carbonyl (C=O) groups excluding carboxylic acids is 1. The molecular formula is C20H25N3O2S. The van der Waals surface area contributed by atoms with Crippen molar-refractivity contribution < 1.29 is 9.53 Å². The molecule has 2 aliphatic heterocycles. The standard InChI is InChI=1S/C20H25N3O2S/c1-15-3-2-4-16(9-15)10-17-12-23(13-17)19(24)11-18-14-26-20(21-18)22-5-7-25-8-6-22/h2-4,9,14,17H,5-8,10-13H2,1H3. The van der Waals surface area contributed by atoms with Crippen molar-refractivity contribution in [3.8, 4) is 0 Å². The van der Waals surface area contributed by atoms with Gasteiger partial charge in [-0.3, -0.25) is 4.79 Å². The highest BCUT2D eigenvalue weighted by Gasteiger charge is 2.30. The third-order valence-corrected chi connectivity index (χ3v) is 6.02. The van der Waals surface area contributed by atoms with Crippen LogP contribution in [0.4, 0.5) is 5.13 Å². The first kappa shape index (κ1) is 17.5. The maximum atomic E-state index is 12.5. The number of carbonyl (C=O) groups is 1. The van der Waals surface area contributed by atoms with Gasteiger partial charge in [-0.05, 0) is 24.8 Å². The predicted molar refractivity (Wildman–Crippen MR) is 104 cm³/mol. The summed E-state index contributed by atoms with van der Waals surface area (Å²) in [5.74, 6) is 0.782. The van der Waals surface area contributed by atoms with Crippen molar-refractivity contribution in [1.29, 1.82) is 0 Å². The van der Waals surface area contributed by atoms with Crippen molar-refractivity contribution in [3.63, 3.8) is 0 Å². The van der Waals surface area contributed by atoms with E-state index in [4.69, 9.17) is 4.74 Å². The number of aromatic nitrogens is 1. The fourth-order valence-corrected chi connectivity index (χ4v) is 4.50. The Hall–Kier alpha value is -1.92. The maximum absolute atomic E-state index is 12.5. The van der Waals surface area contributed by atoms with E-state index in [9.17, 15) is 4.79 Å². The maximum Gasteiger partial charge on any atom is 0.228 e. The molecular weight excluding hydrogens is 346 g/mol. The molecule has 0 bridgehead atoms. The first-order chi connectivity index (χ1) is 12.7. The average Bonchev–Trinajstić information content (AvgIpc) is 3.07. The molecule has 0 atom stereocenters. The van der Waals surface area contributed by atoms with Crippen molar-refractivity contribution in [1.82, 2.24) is 9.88 Å². The Labute approximate surface area is 158 Å². The lowest BCUT2D eigenvalue weighted by molar-refractivity contribution is -0.136. The first-order valence-corrected chi connectivity index (χ1v) is 10.2. The Morgan fingerprint density at radius 3 is 2.88 bits per heavy atom. The van der Waals surface area contributed by atoms with E-state index in [2.05, 4.69) is 41.1 Å². The SMILES string of the molecule is Cc1cccc(CC2CN(C(=O)Cc3csc(N4CCOCC4)n3)C2)c1. The number of nitrogens with zero attached hydrogens (tertiary/aromatic N) is 3. The summed E-state index contributed by atoms with van der Waals surface area (Å²) >= 11 is 1.63. The Bertz CT molecular complexity index is 764. The molecule has 1 amide bonds. The van der Waals surface area contributed by atoms with Crippen LogP contribution in [0.5, 0.6) is 0 Å². The topological polar surface area (TPSA) is 45.7 Å². The summed E-state index contributed by atoms with van der Waals surface area (Å²) in [6.07, 6.45) is 1.47. The Morgan fingerprint density at radius 2 is 2.12 bits per heavy atom. The number of rotatable bonds is 5. The van der Waals surface area contributed by atoms with Crippen LogP contribution in [0.25, 0.3) is 0 Å². The van der Waals surface area contributed by atoms with Crippen molar-refractivity contribution in [2.24, 2.45) is 5.92 Å². The second-order valence-corrected chi connectivity index (χ2v) is 8.09. The summed E-state index contributed by atoms with van der Waals surface area (Å²) in [4.78, 5) is 21.3. The van der Waals surface area contributed by atoms with Crippen LogP contribution in [0.2, 0.25) is 0 Å². The highest BCUT2D eigenvalue weighted by atomic mass is 32.1. The molecule has 4 rings (SSSR count). The number of hydrogen-bond donors (Lipinski definition) is 0. The van der Waals surface area contributed by atoms with Gasteiger partial charge in [0.05, 0.1) is 25.3 Å². The molecule has 26 heavy (non-hydrogen) atoms. The number of benzene rings is 1. The predicted octanol–water partition coefficient (Wildman–Crippen LogP) is 2.53. The van der Waals surface area contributed by atoms with Gasteiger partial charge >= 0.3 is 0 Å². The van der Waals surface area contributed by atoms with E-state index in [1.54, 1.807) is 11.3 Å². The summed E-state index contributed by atoms with van der Waals surface area (Å²) in [7, 11) is 0. The summed E-state index contributed by atoms with van der Waals surface area (Å²) in [5.41, 5.74) is 3.56. The lowest BCUT2D eigenvalue weighted by Crippen LogP contribution is -2.51. The van der Waals surface area contributed by atoms with Gasteiger partial charge in [-0.1, -0.05) is 29.8 Å². The van der Waals surface area contributed by atoms with E-state index in [1.807, 2.05) is 10.3 Å². The lowest BCUT2D eigenvalue weighted by Gasteiger charge is -2.39. The third-order valence-electron chi connectivity index (χ3n) is 5.07. The monoisotopic (exact) mass is 371 g/mol. The molecule has 0 N–H and O–H groups in total. The number of aryl methyl sites for hydroxylation is 1. The molecule has 138 valence electrons. The van der Waals surface area contributed by atoms with Gasteiger partial charge in [0, 0.05) is 31.6 Å². The van der Waals surface area contributed by atoms with Gasteiger partial charge < -0.3 is 14.5 Å². The zero-order valence-electron chi connectivity index (χ0n) is 15.2. The van der Waals surface area contributed by atoms with Crippen molar-refractivity contribution in [2.45, 2.75) is 19.8 Å². The number of amides is 1. The number of morpholine rings is 1. The lowest BCUT2D eigenvalue weighted by atomic mass is 9.91. The van der Waals surface area contributed by atoms with Gasteiger partial charge in [0.1, 0.15) is 0 Å². The van der Waals surface area contributed by atoms with Gasteiger partial charge in [-0.25, -0.2) is 4.98 Å². The highest BCUT2D eigenvalue weighted by molar-refractivity contribution is 7.13. The van der Waals surface area contributed by atoms with Gasteiger partial charge in [0.15, 0.2) is 5.13 Å². The smallest absolute Gasteiger partial charge is 0.228 e. The molecule has 0 aliphatic carbocycles. The Morgan fingerprint density at radius 1 is 1.31 bits per heavy atom. The molecule has 5 nitrogen and oxygen atoms in total. The van der Waals surface area contributed by atoms with Crippen molar-refractivity contribution in [3.05, 3.63) is 46.5 Å². The highest BCUT2D eigenvalue weighted by Crippen LogP contribution is 2.24. The summed E-state index contributed by atoms with van der Waals surface area (Å²) in [5, 5.41) is 3.03. The number of ether oxygens (including phenoxy) is 1. The molecule has 0 unspecified atom stereocenters. The molecule has 2 saturated heterocycles. The summed E-state index contributed by atoms with van der Waals surface area (Å²) < 4.78 is 5.38. The molecule has 2 aromatic rings. The molecule has 2 aliphatic rings. The van der Waals surface area contributed by atoms with E-state index in [0.717, 1.165) is 56.6 Å². The number of hydrogen-bond acceptors (Lipinski definition) is 5. The van der Waals surface area contributed by atoms with Crippen LogP contribution in [0, 0.1) is 12.8 Å². The quantitative estimate of drug-likeness (QED) is 0.810. The number of likely N-dealkylation sites (tertiary alicyclic amines) is 1. The second kappa shape index (κ2) is 7.76. The molecule has 1 aromatic heterocycles. The zero-order valence-corrected chi connectivity index (χ0v) is 16.0. The first-order valence-electron chi connectivity index (χ1n) is 9.28.